The van der Waals surface area contributed by atoms with Crippen LogP contribution in [0.5, 0.6) is 0 Å². The number of piperazine rings is 1. The lowest BCUT2D eigenvalue weighted by Gasteiger charge is -2.34. The molecule has 1 fully saturated rings. The average molecular weight is 442 g/mol. The number of hydrogen-bond acceptors (Lipinski definition) is 3. The Balaban J connectivity index is 1.63. The van der Waals surface area contributed by atoms with Crippen molar-refractivity contribution in [2.75, 3.05) is 26.2 Å². The number of halogens is 1. The summed E-state index contributed by atoms with van der Waals surface area (Å²) in [6.45, 7) is 3.48. The average Bonchev–Trinajstić information content (AvgIpc) is 2.57. The molecule has 0 spiro atoms. The van der Waals surface area contributed by atoms with Crippen LogP contribution in [0.4, 0.5) is 0 Å². The molecule has 1 aliphatic rings. The number of sulfonamides is 1. The molecule has 0 saturated carbocycles. The highest BCUT2D eigenvalue weighted by Gasteiger charge is 2.28. The number of benzene rings is 2. The second-order valence-corrected chi connectivity index (χ2v) is 8.80. The molecule has 23 heavy (non-hydrogen) atoms. The highest BCUT2D eigenvalue weighted by Crippen LogP contribution is 2.19. The Kier molecular flexibility index (Phi) is 5.35. The zero-order valence-electron chi connectivity index (χ0n) is 12.7. The smallest absolute Gasteiger partial charge is 0.243 e. The SMILES string of the molecule is O=S(=O)(c1ccc(I)cc1)N1CCN(Cc2ccccc2)CC1. The Labute approximate surface area is 151 Å². The molecule has 0 radical (unpaired) electrons. The maximum atomic E-state index is 12.7. The maximum Gasteiger partial charge on any atom is 0.243 e. The second kappa shape index (κ2) is 7.29. The summed E-state index contributed by atoms with van der Waals surface area (Å²) in [4.78, 5) is 2.68. The topological polar surface area (TPSA) is 40.6 Å². The summed E-state index contributed by atoms with van der Waals surface area (Å²) in [7, 11) is -3.37. The van der Waals surface area contributed by atoms with Crippen LogP contribution >= 0.6 is 22.6 Å². The van der Waals surface area contributed by atoms with E-state index >= 15 is 0 Å². The lowest BCUT2D eigenvalue weighted by Crippen LogP contribution is -2.48. The molecule has 0 unspecified atom stereocenters. The predicted octanol–water partition coefficient (Wildman–Crippen LogP) is 2.80. The van der Waals surface area contributed by atoms with E-state index in [9.17, 15) is 8.42 Å². The van der Waals surface area contributed by atoms with Crippen LogP contribution in [0, 0.1) is 3.57 Å². The summed E-state index contributed by atoms with van der Waals surface area (Å²) in [6, 6.07) is 17.3. The summed E-state index contributed by atoms with van der Waals surface area (Å²) >= 11 is 2.18. The summed E-state index contributed by atoms with van der Waals surface area (Å²) in [6.07, 6.45) is 0. The molecular formula is C17H19IN2O2S. The van der Waals surface area contributed by atoms with Gasteiger partial charge in [0.2, 0.25) is 10.0 Å². The standard InChI is InChI=1S/C17H19IN2O2S/c18-16-6-8-17(9-7-16)23(21,22)20-12-10-19(11-13-20)14-15-4-2-1-3-5-15/h1-9H,10-14H2. The maximum absolute atomic E-state index is 12.7. The third-order valence-corrected chi connectivity index (χ3v) is 6.66. The van der Waals surface area contributed by atoms with E-state index in [1.54, 1.807) is 16.4 Å². The molecule has 0 N–H and O–H groups in total. The molecule has 122 valence electrons. The van der Waals surface area contributed by atoms with Crippen LogP contribution in [-0.2, 0) is 16.6 Å². The summed E-state index contributed by atoms with van der Waals surface area (Å²) in [5.74, 6) is 0. The van der Waals surface area contributed by atoms with Crippen molar-refractivity contribution < 1.29 is 8.42 Å². The highest BCUT2D eigenvalue weighted by atomic mass is 127. The van der Waals surface area contributed by atoms with Gasteiger partial charge in [0.1, 0.15) is 0 Å². The van der Waals surface area contributed by atoms with Crippen molar-refractivity contribution in [2.24, 2.45) is 0 Å². The van der Waals surface area contributed by atoms with E-state index in [0.29, 0.717) is 18.0 Å². The first-order chi connectivity index (χ1) is 11.1. The Morgan fingerprint density at radius 2 is 1.48 bits per heavy atom. The van der Waals surface area contributed by atoms with Crippen LogP contribution in [0.15, 0.2) is 59.5 Å². The fourth-order valence-electron chi connectivity index (χ4n) is 2.73. The van der Waals surface area contributed by atoms with Gasteiger partial charge in [-0.2, -0.15) is 4.31 Å². The third kappa shape index (κ3) is 4.12. The monoisotopic (exact) mass is 442 g/mol. The number of nitrogens with zero attached hydrogens (tertiary/aromatic N) is 2. The fraction of sp³-hybridized carbons (Fsp3) is 0.294. The molecule has 0 amide bonds. The Hall–Kier alpha value is -0.960. The normalized spacial score (nSPS) is 17.3. The third-order valence-electron chi connectivity index (χ3n) is 4.03. The van der Waals surface area contributed by atoms with E-state index in [2.05, 4.69) is 39.6 Å². The molecule has 1 saturated heterocycles. The van der Waals surface area contributed by atoms with Gasteiger partial charge in [-0.3, -0.25) is 4.90 Å². The van der Waals surface area contributed by atoms with Gasteiger partial charge in [0, 0.05) is 36.3 Å². The lowest BCUT2D eigenvalue weighted by molar-refractivity contribution is 0.181. The van der Waals surface area contributed by atoms with Crippen LogP contribution < -0.4 is 0 Å². The first-order valence-electron chi connectivity index (χ1n) is 7.58. The first-order valence-corrected chi connectivity index (χ1v) is 10.1. The zero-order valence-corrected chi connectivity index (χ0v) is 15.7. The summed E-state index contributed by atoms with van der Waals surface area (Å²) in [5.41, 5.74) is 1.27. The Morgan fingerprint density at radius 1 is 0.870 bits per heavy atom. The van der Waals surface area contributed by atoms with E-state index in [0.717, 1.165) is 23.2 Å². The highest BCUT2D eigenvalue weighted by molar-refractivity contribution is 14.1. The lowest BCUT2D eigenvalue weighted by atomic mass is 10.2. The van der Waals surface area contributed by atoms with Crippen LogP contribution in [-0.4, -0.2) is 43.8 Å². The van der Waals surface area contributed by atoms with E-state index < -0.39 is 10.0 Å². The molecular weight excluding hydrogens is 423 g/mol. The minimum Gasteiger partial charge on any atom is -0.296 e. The molecule has 0 aromatic heterocycles. The Bertz CT molecular complexity index is 740. The van der Waals surface area contributed by atoms with Crippen molar-refractivity contribution in [1.29, 1.82) is 0 Å². The van der Waals surface area contributed by atoms with E-state index in [1.807, 2.05) is 30.3 Å². The summed E-state index contributed by atoms with van der Waals surface area (Å²) < 4.78 is 28.0. The van der Waals surface area contributed by atoms with Gasteiger partial charge in [-0.15, -0.1) is 0 Å². The molecule has 4 nitrogen and oxygen atoms in total. The molecule has 3 rings (SSSR count). The van der Waals surface area contributed by atoms with Gasteiger partial charge in [0.15, 0.2) is 0 Å². The number of rotatable bonds is 4. The van der Waals surface area contributed by atoms with Crippen LogP contribution in [0.25, 0.3) is 0 Å². The molecule has 0 bridgehead atoms. The van der Waals surface area contributed by atoms with Crippen molar-refractivity contribution in [3.05, 3.63) is 63.7 Å². The number of hydrogen-bond donors (Lipinski definition) is 0. The van der Waals surface area contributed by atoms with Gasteiger partial charge < -0.3 is 0 Å². The van der Waals surface area contributed by atoms with E-state index in [4.69, 9.17) is 0 Å². The van der Waals surface area contributed by atoms with Crippen molar-refractivity contribution in [2.45, 2.75) is 11.4 Å². The van der Waals surface area contributed by atoms with Crippen molar-refractivity contribution in [3.8, 4) is 0 Å². The van der Waals surface area contributed by atoms with Gasteiger partial charge in [-0.1, -0.05) is 30.3 Å². The molecule has 6 heteroatoms. The quantitative estimate of drug-likeness (QED) is 0.684. The van der Waals surface area contributed by atoms with Crippen LogP contribution in [0.1, 0.15) is 5.56 Å². The zero-order chi connectivity index (χ0) is 16.3. The van der Waals surface area contributed by atoms with Gasteiger partial charge in [-0.05, 0) is 52.4 Å². The van der Waals surface area contributed by atoms with Crippen LogP contribution in [0.3, 0.4) is 0 Å². The first kappa shape index (κ1) is 16.9. The van der Waals surface area contributed by atoms with Crippen molar-refractivity contribution in [3.63, 3.8) is 0 Å². The van der Waals surface area contributed by atoms with Gasteiger partial charge in [0.25, 0.3) is 0 Å². The minimum absolute atomic E-state index is 0.384. The van der Waals surface area contributed by atoms with Crippen molar-refractivity contribution in [1.82, 2.24) is 9.21 Å². The molecule has 0 atom stereocenters. The minimum atomic E-state index is -3.37. The second-order valence-electron chi connectivity index (χ2n) is 5.62. The van der Waals surface area contributed by atoms with Crippen molar-refractivity contribution >= 4 is 32.6 Å². The van der Waals surface area contributed by atoms with Gasteiger partial charge in [0.05, 0.1) is 4.90 Å². The largest absolute Gasteiger partial charge is 0.296 e. The molecule has 1 heterocycles. The van der Waals surface area contributed by atoms with Gasteiger partial charge >= 0.3 is 0 Å². The van der Waals surface area contributed by atoms with E-state index in [1.165, 1.54) is 5.56 Å². The fourth-order valence-corrected chi connectivity index (χ4v) is 4.51. The van der Waals surface area contributed by atoms with Gasteiger partial charge in [-0.25, -0.2) is 8.42 Å². The Morgan fingerprint density at radius 3 is 2.09 bits per heavy atom. The predicted molar refractivity (Wildman–Crippen MR) is 99.6 cm³/mol. The molecule has 2 aromatic carbocycles. The summed E-state index contributed by atoms with van der Waals surface area (Å²) in [5, 5.41) is 0. The molecule has 0 aliphatic carbocycles. The molecule has 1 aliphatic heterocycles. The van der Waals surface area contributed by atoms with E-state index in [-0.39, 0.29) is 0 Å². The molecule has 2 aromatic rings. The van der Waals surface area contributed by atoms with Crippen LogP contribution in [0.2, 0.25) is 0 Å².